The Morgan fingerprint density at radius 1 is 1.21 bits per heavy atom. The number of aliphatic imine (C=N–C) groups is 1. The summed E-state index contributed by atoms with van der Waals surface area (Å²) in [5.74, 6) is 1.01. The minimum absolute atomic E-state index is 0.525. The van der Waals surface area contributed by atoms with Crippen LogP contribution in [0.1, 0.15) is 18.1 Å². The standard InChI is InChI=1S/C22H26N6/c1-15-10-17(11-18-13-26(3)25-22(15)18)20-6-8-28-14-19(4-5-21(28)24-20)27-9-7-23-16(2)12-27/h4-6,10-11,13-14,16,23H,7-9,12H2,1-3H3/t16-/m0/s1. The zero-order chi connectivity index (χ0) is 19.3. The van der Waals surface area contributed by atoms with Gasteiger partial charge < -0.3 is 15.1 Å². The maximum Gasteiger partial charge on any atom is 0.133 e. The molecule has 0 amide bonds. The normalized spacial score (nSPS) is 22.1. The van der Waals surface area contributed by atoms with E-state index in [1.165, 1.54) is 11.3 Å². The summed E-state index contributed by atoms with van der Waals surface area (Å²) in [5, 5.41) is 9.21. The number of piperazine rings is 1. The Morgan fingerprint density at radius 2 is 2.11 bits per heavy atom. The van der Waals surface area contributed by atoms with Crippen LogP contribution >= 0.6 is 0 Å². The third-order valence-corrected chi connectivity index (χ3v) is 5.65. The summed E-state index contributed by atoms with van der Waals surface area (Å²) in [7, 11) is 1.97. The molecule has 1 N–H and O–H groups in total. The molecule has 6 heteroatoms. The topological polar surface area (TPSA) is 48.7 Å². The van der Waals surface area contributed by atoms with Gasteiger partial charge in [0.2, 0.25) is 0 Å². The van der Waals surface area contributed by atoms with Gasteiger partial charge in [0.1, 0.15) is 5.84 Å². The summed E-state index contributed by atoms with van der Waals surface area (Å²) >= 11 is 0. The van der Waals surface area contributed by atoms with Gasteiger partial charge in [0, 0.05) is 62.6 Å². The average molecular weight is 374 g/mol. The molecule has 1 atom stereocenters. The number of rotatable bonds is 2. The van der Waals surface area contributed by atoms with Gasteiger partial charge >= 0.3 is 0 Å². The number of nitrogens with zero attached hydrogens (tertiary/aromatic N) is 5. The van der Waals surface area contributed by atoms with Crippen LogP contribution in [0.3, 0.4) is 0 Å². The lowest BCUT2D eigenvalue weighted by atomic mass is 10.0. The van der Waals surface area contributed by atoms with Crippen LogP contribution in [-0.4, -0.2) is 57.6 Å². The van der Waals surface area contributed by atoms with Crippen LogP contribution in [0.2, 0.25) is 0 Å². The fourth-order valence-corrected chi connectivity index (χ4v) is 4.24. The van der Waals surface area contributed by atoms with Crippen molar-refractivity contribution in [3.63, 3.8) is 0 Å². The second-order valence-electron chi connectivity index (χ2n) is 7.93. The van der Waals surface area contributed by atoms with E-state index < -0.39 is 0 Å². The predicted molar refractivity (Wildman–Crippen MR) is 114 cm³/mol. The molecule has 3 aliphatic heterocycles. The minimum Gasteiger partial charge on any atom is -0.368 e. The number of aromatic nitrogens is 2. The first-order valence-electron chi connectivity index (χ1n) is 9.95. The molecular weight excluding hydrogens is 348 g/mol. The van der Waals surface area contributed by atoms with Crippen molar-refractivity contribution in [3.05, 3.63) is 59.6 Å². The van der Waals surface area contributed by atoms with Crippen molar-refractivity contribution in [2.24, 2.45) is 12.0 Å². The summed E-state index contributed by atoms with van der Waals surface area (Å²) in [6.45, 7) is 8.32. The fraction of sp³-hybridized carbons (Fsp3) is 0.364. The lowest BCUT2D eigenvalue weighted by Crippen LogP contribution is -2.49. The number of allylic oxidation sites excluding steroid dienone is 1. The summed E-state index contributed by atoms with van der Waals surface area (Å²) in [6.07, 6.45) is 10.9. The predicted octanol–water partition coefficient (Wildman–Crippen LogP) is 2.64. The smallest absolute Gasteiger partial charge is 0.133 e. The van der Waals surface area contributed by atoms with Crippen LogP contribution in [0.4, 0.5) is 0 Å². The number of hydrogen-bond acceptors (Lipinski definition) is 5. The van der Waals surface area contributed by atoms with Crippen molar-refractivity contribution in [2.45, 2.75) is 19.9 Å². The van der Waals surface area contributed by atoms with Crippen LogP contribution < -0.4 is 5.32 Å². The number of fused-ring (bicyclic) bond motifs is 2. The van der Waals surface area contributed by atoms with Crippen molar-refractivity contribution in [1.82, 2.24) is 24.9 Å². The Labute approximate surface area is 165 Å². The van der Waals surface area contributed by atoms with Gasteiger partial charge in [-0.15, -0.1) is 0 Å². The second-order valence-corrected chi connectivity index (χ2v) is 7.93. The Kier molecular flexibility index (Phi) is 4.09. The van der Waals surface area contributed by atoms with E-state index in [-0.39, 0.29) is 0 Å². The lowest BCUT2D eigenvalue weighted by Gasteiger charge is -2.37. The van der Waals surface area contributed by atoms with Crippen molar-refractivity contribution in [1.29, 1.82) is 0 Å². The zero-order valence-corrected chi connectivity index (χ0v) is 16.7. The maximum atomic E-state index is 4.94. The van der Waals surface area contributed by atoms with Crippen LogP contribution in [0, 0.1) is 6.92 Å². The van der Waals surface area contributed by atoms with Gasteiger partial charge in [-0.1, -0.05) is 0 Å². The third kappa shape index (κ3) is 3.03. The van der Waals surface area contributed by atoms with E-state index in [2.05, 4.69) is 76.8 Å². The maximum absolute atomic E-state index is 4.94. The van der Waals surface area contributed by atoms with Gasteiger partial charge in [0.15, 0.2) is 0 Å². The molecule has 28 heavy (non-hydrogen) atoms. The summed E-state index contributed by atoms with van der Waals surface area (Å²) in [4.78, 5) is 9.63. The van der Waals surface area contributed by atoms with E-state index in [9.17, 15) is 0 Å². The highest BCUT2D eigenvalue weighted by Gasteiger charge is 2.22. The first kappa shape index (κ1) is 17.3. The molecule has 0 saturated carbocycles. The van der Waals surface area contributed by atoms with Gasteiger partial charge in [-0.05, 0) is 49.8 Å². The zero-order valence-electron chi connectivity index (χ0n) is 16.7. The van der Waals surface area contributed by atoms with E-state index in [0.717, 1.165) is 54.2 Å². The molecule has 0 radical (unpaired) electrons. The van der Waals surface area contributed by atoms with Gasteiger partial charge in [-0.2, -0.15) is 5.10 Å². The first-order chi connectivity index (χ1) is 13.6. The molecule has 1 aromatic carbocycles. The van der Waals surface area contributed by atoms with Crippen LogP contribution in [0.15, 0.2) is 53.4 Å². The molecule has 0 bridgehead atoms. The van der Waals surface area contributed by atoms with E-state index in [0.29, 0.717) is 6.04 Å². The first-order valence-corrected chi connectivity index (χ1v) is 9.95. The second kappa shape index (κ2) is 6.63. The Hall–Kier alpha value is -2.86. The number of nitrogens with one attached hydrogen (secondary N) is 1. The Morgan fingerprint density at radius 3 is 2.96 bits per heavy atom. The molecule has 5 rings (SSSR count). The molecule has 0 spiro atoms. The molecule has 6 nitrogen and oxygen atoms in total. The lowest BCUT2D eigenvalue weighted by molar-refractivity contribution is 0.258. The van der Waals surface area contributed by atoms with Gasteiger partial charge in [0.05, 0.1) is 16.9 Å². The minimum atomic E-state index is 0.525. The summed E-state index contributed by atoms with van der Waals surface area (Å²) in [5.41, 5.74) is 5.72. The molecule has 0 unspecified atom stereocenters. The SMILES string of the molecule is Cc1cc(C2=CCN3C=C(N4CCN[C@@H](C)C4)C=CC3=N2)cc2cn(C)nc12. The molecule has 1 aromatic heterocycles. The quantitative estimate of drug-likeness (QED) is 0.878. The van der Waals surface area contributed by atoms with E-state index in [1.807, 2.05) is 11.7 Å². The molecule has 1 saturated heterocycles. The van der Waals surface area contributed by atoms with E-state index >= 15 is 0 Å². The highest BCUT2D eigenvalue weighted by atomic mass is 15.3. The average Bonchev–Trinajstić information content (AvgIpc) is 3.08. The van der Waals surface area contributed by atoms with Crippen molar-refractivity contribution in [3.8, 4) is 0 Å². The number of benzene rings is 1. The fourth-order valence-electron chi connectivity index (χ4n) is 4.24. The molecule has 4 heterocycles. The van der Waals surface area contributed by atoms with E-state index in [1.54, 1.807) is 0 Å². The molecule has 3 aliphatic rings. The largest absolute Gasteiger partial charge is 0.368 e. The molecule has 144 valence electrons. The molecular formula is C22H26N6. The number of amidine groups is 1. The molecule has 1 fully saturated rings. The Balaban J connectivity index is 1.41. The van der Waals surface area contributed by atoms with Crippen LogP contribution in [0.5, 0.6) is 0 Å². The number of aryl methyl sites for hydroxylation is 2. The highest BCUT2D eigenvalue weighted by molar-refractivity contribution is 6.00. The van der Waals surface area contributed by atoms with Crippen LogP contribution in [-0.2, 0) is 7.05 Å². The Bertz CT molecular complexity index is 1050. The molecule has 2 aromatic rings. The van der Waals surface area contributed by atoms with Crippen molar-refractivity contribution < 1.29 is 0 Å². The highest BCUT2D eigenvalue weighted by Crippen LogP contribution is 2.28. The van der Waals surface area contributed by atoms with Gasteiger partial charge in [0.25, 0.3) is 0 Å². The van der Waals surface area contributed by atoms with Gasteiger partial charge in [-0.25, -0.2) is 4.99 Å². The third-order valence-electron chi connectivity index (χ3n) is 5.65. The van der Waals surface area contributed by atoms with E-state index in [4.69, 9.17) is 4.99 Å². The summed E-state index contributed by atoms with van der Waals surface area (Å²) in [6, 6.07) is 4.91. The molecule has 0 aliphatic carbocycles. The van der Waals surface area contributed by atoms with Gasteiger partial charge in [-0.3, -0.25) is 4.68 Å². The number of hydrogen-bond donors (Lipinski definition) is 1. The van der Waals surface area contributed by atoms with Crippen molar-refractivity contribution in [2.75, 3.05) is 26.2 Å². The summed E-state index contributed by atoms with van der Waals surface area (Å²) < 4.78 is 1.87. The van der Waals surface area contributed by atoms with Crippen molar-refractivity contribution >= 4 is 22.4 Å². The van der Waals surface area contributed by atoms with Crippen LogP contribution in [0.25, 0.3) is 16.6 Å². The monoisotopic (exact) mass is 374 g/mol.